The van der Waals surface area contributed by atoms with E-state index < -0.39 is 36.6 Å². The number of nitrogens with zero attached hydrogens (tertiary/aromatic N) is 1. The highest BCUT2D eigenvalue weighted by molar-refractivity contribution is 7.92. The van der Waals surface area contributed by atoms with Crippen molar-refractivity contribution in [3.63, 3.8) is 0 Å². The monoisotopic (exact) mass is 402 g/mol. The third-order valence-electron chi connectivity index (χ3n) is 4.00. The van der Waals surface area contributed by atoms with Crippen molar-refractivity contribution in [3.8, 4) is 0 Å². The standard InChI is InChI=1S/C16H16F2N2O4S2/c1-25(21,22)20-8-2-3-11-4-6-13(10-15(11)20)19-26(23,24)16-9-12(17)5-7-14(16)18/h4-7,9-10,19H,2-3,8H2,1H3. The van der Waals surface area contributed by atoms with E-state index in [2.05, 4.69) is 4.72 Å². The predicted octanol–water partition coefficient (Wildman–Crippen LogP) is 2.48. The molecule has 0 spiro atoms. The zero-order valence-electron chi connectivity index (χ0n) is 13.7. The van der Waals surface area contributed by atoms with E-state index in [0.717, 1.165) is 24.0 Å². The van der Waals surface area contributed by atoms with Gasteiger partial charge < -0.3 is 0 Å². The van der Waals surface area contributed by atoms with Crippen LogP contribution in [0.25, 0.3) is 0 Å². The lowest BCUT2D eigenvalue weighted by Crippen LogP contribution is -2.34. The van der Waals surface area contributed by atoms with Crippen molar-refractivity contribution >= 4 is 31.4 Å². The maximum Gasteiger partial charge on any atom is 0.264 e. The average Bonchev–Trinajstić information content (AvgIpc) is 2.55. The van der Waals surface area contributed by atoms with Gasteiger partial charge in [-0.05, 0) is 48.7 Å². The molecule has 1 heterocycles. The molecule has 140 valence electrons. The molecule has 6 nitrogen and oxygen atoms in total. The lowest BCUT2D eigenvalue weighted by atomic mass is 10.0. The summed E-state index contributed by atoms with van der Waals surface area (Å²) in [5.41, 5.74) is 1.20. The van der Waals surface area contributed by atoms with E-state index in [1.165, 1.54) is 16.4 Å². The van der Waals surface area contributed by atoms with Crippen molar-refractivity contribution in [2.75, 3.05) is 21.8 Å². The number of fused-ring (bicyclic) bond motifs is 1. The zero-order valence-corrected chi connectivity index (χ0v) is 15.4. The van der Waals surface area contributed by atoms with Gasteiger partial charge in [-0.15, -0.1) is 0 Å². The maximum atomic E-state index is 13.8. The van der Waals surface area contributed by atoms with Gasteiger partial charge in [0.25, 0.3) is 10.0 Å². The molecule has 2 aromatic carbocycles. The Morgan fingerprint density at radius 1 is 1.04 bits per heavy atom. The number of hydrogen-bond acceptors (Lipinski definition) is 4. The van der Waals surface area contributed by atoms with Gasteiger partial charge in [0, 0.05) is 6.54 Å². The molecule has 0 aromatic heterocycles. The normalized spacial score (nSPS) is 14.8. The smallest absolute Gasteiger partial charge is 0.264 e. The molecule has 0 unspecified atom stereocenters. The minimum Gasteiger partial charge on any atom is -0.279 e. The summed E-state index contributed by atoms with van der Waals surface area (Å²) in [6.45, 7) is 0.292. The lowest BCUT2D eigenvalue weighted by Gasteiger charge is -2.29. The molecule has 26 heavy (non-hydrogen) atoms. The van der Waals surface area contributed by atoms with Crippen molar-refractivity contribution in [1.82, 2.24) is 0 Å². The molecule has 0 atom stereocenters. The van der Waals surface area contributed by atoms with Crippen LogP contribution in [0.4, 0.5) is 20.2 Å². The number of aryl methyl sites for hydroxylation is 1. The van der Waals surface area contributed by atoms with Crippen LogP contribution >= 0.6 is 0 Å². The van der Waals surface area contributed by atoms with Gasteiger partial charge in [0.1, 0.15) is 16.5 Å². The van der Waals surface area contributed by atoms with Crippen LogP contribution in [0.3, 0.4) is 0 Å². The first kappa shape index (κ1) is 18.6. The summed E-state index contributed by atoms with van der Waals surface area (Å²) in [5, 5.41) is 0. The molecule has 10 heteroatoms. The van der Waals surface area contributed by atoms with Crippen LogP contribution in [-0.4, -0.2) is 29.6 Å². The molecular formula is C16H16F2N2O4S2. The Kier molecular flexibility index (Phi) is 4.65. The van der Waals surface area contributed by atoms with Crippen LogP contribution in [0.1, 0.15) is 12.0 Å². The molecule has 0 saturated carbocycles. The number of sulfonamides is 2. The number of nitrogens with one attached hydrogen (secondary N) is 1. The van der Waals surface area contributed by atoms with Crippen LogP contribution in [-0.2, 0) is 26.5 Å². The van der Waals surface area contributed by atoms with Gasteiger partial charge in [0.15, 0.2) is 0 Å². The second-order valence-corrected chi connectivity index (χ2v) is 9.52. The summed E-state index contributed by atoms with van der Waals surface area (Å²) in [4.78, 5) is -0.824. The minimum absolute atomic E-state index is 0.0583. The molecule has 0 fully saturated rings. The number of hydrogen-bond donors (Lipinski definition) is 1. The summed E-state index contributed by atoms with van der Waals surface area (Å²) >= 11 is 0. The molecular weight excluding hydrogens is 386 g/mol. The van der Waals surface area contributed by atoms with Gasteiger partial charge in [-0.2, -0.15) is 0 Å². The van der Waals surface area contributed by atoms with Gasteiger partial charge in [-0.25, -0.2) is 25.6 Å². The molecule has 0 saturated heterocycles. The highest BCUT2D eigenvalue weighted by Gasteiger charge is 2.26. The number of rotatable bonds is 4. The number of halogens is 2. The van der Waals surface area contributed by atoms with Crippen LogP contribution < -0.4 is 9.03 Å². The van der Waals surface area contributed by atoms with Gasteiger partial charge in [-0.1, -0.05) is 6.07 Å². The second kappa shape index (κ2) is 6.51. The van der Waals surface area contributed by atoms with Crippen molar-refractivity contribution in [2.45, 2.75) is 17.7 Å². The minimum atomic E-state index is -4.38. The lowest BCUT2D eigenvalue weighted by molar-refractivity contribution is 0.555. The van der Waals surface area contributed by atoms with Crippen LogP contribution in [0, 0.1) is 11.6 Å². The van der Waals surface area contributed by atoms with Crippen molar-refractivity contribution in [3.05, 3.63) is 53.6 Å². The van der Waals surface area contributed by atoms with E-state index in [0.29, 0.717) is 31.1 Å². The SMILES string of the molecule is CS(=O)(=O)N1CCCc2ccc(NS(=O)(=O)c3cc(F)ccc3F)cc21. The van der Waals surface area contributed by atoms with Crippen LogP contribution in [0.2, 0.25) is 0 Å². The number of anilines is 2. The first-order valence-electron chi connectivity index (χ1n) is 7.66. The van der Waals surface area contributed by atoms with Gasteiger partial charge >= 0.3 is 0 Å². The summed E-state index contributed by atoms with van der Waals surface area (Å²) in [5.74, 6) is -1.98. The van der Waals surface area contributed by atoms with E-state index in [9.17, 15) is 25.6 Å². The Morgan fingerprint density at radius 3 is 2.46 bits per heavy atom. The first-order chi connectivity index (χ1) is 12.1. The molecule has 0 bridgehead atoms. The van der Waals surface area contributed by atoms with Crippen molar-refractivity contribution < 1.29 is 25.6 Å². The van der Waals surface area contributed by atoms with Crippen molar-refractivity contribution in [2.24, 2.45) is 0 Å². The van der Waals surface area contributed by atoms with E-state index in [1.807, 2.05) is 0 Å². The quantitative estimate of drug-likeness (QED) is 0.852. The third kappa shape index (κ3) is 3.65. The summed E-state index contributed by atoms with van der Waals surface area (Å²) in [6, 6.07) is 6.58. The van der Waals surface area contributed by atoms with E-state index in [1.54, 1.807) is 6.07 Å². The largest absolute Gasteiger partial charge is 0.279 e. The molecule has 0 radical (unpaired) electrons. The molecule has 3 rings (SSSR count). The summed E-state index contributed by atoms with van der Waals surface area (Å²) in [6.07, 6.45) is 2.38. The Bertz CT molecular complexity index is 1070. The van der Waals surface area contributed by atoms with Gasteiger partial charge in [0.05, 0.1) is 17.6 Å². The average molecular weight is 402 g/mol. The zero-order chi connectivity index (χ0) is 19.1. The van der Waals surface area contributed by atoms with E-state index >= 15 is 0 Å². The van der Waals surface area contributed by atoms with Crippen molar-refractivity contribution in [1.29, 1.82) is 0 Å². The van der Waals surface area contributed by atoms with Gasteiger partial charge in [0.2, 0.25) is 10.0 Å². The fourth-order valence-electron chi connectivity index (χ4n) is 2.84. The van der Waals surface area contributed by atoms with E-state index in [-0.39, 0.29) is 5.69 Å². The Hall–Kier alpha value is -2.20. The molecule has 2 aromatic rings. The fraction of sp³-hybridized carbons (Fsp3) is 0.250. The molecule has 1 aliphatic heterocycles. The van der Waals surface area contributed by atoms with E-state index in [4.69, 9.17) is 0 Å². The number of benzene rings is 2. The fourth-order valence-corrected chi connectivity index (χ4v) is 4.97. The Morgan fingerprint density at radius 2 is 1.77 bits per heavy atom. The topological polar surface area (TPSA) is 83.6 Å². The molecule has 0 amide bonds. The predicted molar refractivity (Wildman–Crippen MR) is 94.1 cm³/mol. The molecule has 1 N–H and O–H groups in total. The van der Waals surface area contributed by atoms with Gasteiger partial charge in [-0.3, -0.25) is 9.03 Å². The molecule has 0 aliphatic carbocycles. The highest BCUT2D eigenvalue weighted by Crippen LogP contribution is 2.32. The van der Waals surface area contributed by atoms with Crippen LogP contribution in [0.15, 0.2) is 41.3 Å². The summed E-state index contributed by atoms with van der Waals surface area (Å²) < 4.78 is 79.1. The van der Waals surface area contributed by atoms with Crippen LogP contribution in [0.5, 0.6) is 0 Å². The Labute approximate surface area is 150 Å². The first-order valence-corrected chi connectivity index (χ1v) is 11.0. The maximum absolute atomic E-state index is 13.8. The third-order valence-corrected chi connectivity index (χ3v) is 6.57. The Balaban J connectivity index is 2.00. The summed E-state index contributed by atoms with van der Waals surface area (Å²) in [7, 11) is -7.90. The molecule has 1 aliphatic rings. The highest BCUT2D eigenvalue weighted by atomic mass is 32.2. The second-order valence-electron chi connectivity index (χ2n) is 5.96.